The van der Waals surface area contributed by atoms with Crippen molar-refractivity contribution in [1.29, 1.82) is 0 Å². The largest absolute Gasteiger partial charge is 0.354 e. The first-order valence-electron chi connectivity index (χ1n) is 14.2. The monoisotopic (exact) mass is 567 g/mol. The van der Waals surface area contributed by atoms with E-state index in [1.807, 2.05) is 91.9 Å². The molecule has 1 heterocycles. The van der Waals surface area contributed by atoms with Crippen LogP contribution in [0.1, 0.15) is 47.7 Å². The van der Waals surface area contributed by atoms with Crippen LogP contribution in [0.2, 0.25) is 5.02 Å². The lowest BCUT2D eigenvalue weighted by atomic mass is 10.0. The van der Waals surface area contributed by atoms with E-state index in [0.717, 1.165) is 34.0 Å². The van der Waals surface area contributed by atoms with Crippen LogP contribution in [0.25, 0.3) is 10.8 Å². The van der Waals surface area contributed by atoms with Crippen LogP contribution in [0.3, 0.4) is 0 Å². The van der Waals surface area contributed by atoms with Crippen molar-refractivity contribution in [3.8, 4) is 0 Å². The van der Waals surface area contributed by atoms with Gasteiger partial charge in [-0.25, -0.2) is 0 Å². The van der Waals surface area contributed by atoms with Gasteiger partial charge in [-0.15, -0.1) is 0 Å². The molecule has 7 heteroatoms. The summed E-state index contributed by atoms with van der Waals surface area (Å²) in [5.41, 5.74) is 3.32. The SMILES string of the molecule is CCCNC(=O)C(Cc1ccccc1)N(Cc1ccccc1Cl)C(=O)CCCN1C(=O)c2cccc3cccc1c23. The minimum absolute atomic E-state index is 0.0435. The number of amides is 3. The standard InChI is InChI=1S/C34H34ClN3O3/c1-2-20-36-33(40)30(22-24-11-4-3-5-12-24)38(23-26-13-6-7-17-28(26)35)31(39)19-10-21-37-29-18-9-15-25-14-8-16-27(32(25)29)34(37)41/h3-9,11-18,30H,2,10,19-23H2,1H3,(H,36,40). The number of hydrogen-bond donors (Lipinski definition) is 1. The maximum absolute atomic E-state index is 13.9. The molecule has 41 heavy (non-hydrogen) atoms. The lowest BCUT2D eigenvalue weighted by molar-refractivity contribution is -0.141. The van der Waals surface area contributed by atoms with E-state index >= 15 is 0 Å². The zero-order valence-electron chi connectivity index (χ0n) is 23.2. The van der Waals surface area contributed by atoms with Gasteiger partial charge in [-0.3, -0.25) is 14.4 Å². The van der Waals surface area contributed by atoms with Gasteiger partial charge < -0.3 is 15.1 Å². The molecule has 0 aromatic heterocycles. The number of halogens is 1. The molecule has 0 fully saturated rings. The van der Waals surface area contributed by atoms with Crippen LogP contribution in [0, 0.1) is 0 Å². The van der Waals surface area contributed by atoms with Crippen molar-refractivity contribution in [2.24, 2.45) is 0 Å². The van der Waals surface area contributed by atoms with Gasteiger partial charge in [-0.2, -0.15) is 0 Å². The fraction of sp³-hybridized carbons (Fsp3) is 0.265. The van der Waals surface area contributed by atoms with E-state index < -0.39 is 6.04 Å². The average molecular weight is 568 g/mol. The minimum atomic E-state index is -0.709. The first kappa shape index (κ1) is 28.4. The Morgan fingerprint density at radius 1 is 0.927 bits per heavy atom. The van der Waals surface area contributed by atoms with Crippen molar-refractivity contribution in [3.05, 3.63) is 113 Å². The molecular formula is C34H34ClN3O3. The molecule has 0 saturated heterocycles. The van der Waals surface area contributed by atoms with Crippen LogP contribution in [0.4, 0.5) is 5.69 Å². The third-order valence-electron chi connectivity index (χ3n) is 7.54. The van der Waals surface area contributed by atoms with E-state index in [0.29, 0.717) is 36.5 Å². The number of anilines is 1. The average Bonchev–Trinajstić information content (AvgIpc) is 3.27. The maximum Gasteiger partial charge on any atom is 0.258 e. The van der Waals surface area contributed by atoms with Crippen molar-refractivity contribution in [3.63, 3.8) is 0 Å². The highest BCUT2D eigenvalue weighted by atomic mass is 35.5. The Morgan fingerprint density at radius 3 is 2.41 bits per heavy atom. The predicted molar refractivity (Wildman–Crippen MR) is 164 cm³/mol. The van der Waals surface area contributed by atoms with Gasteiger partial charge >= 0.3 is 0 Å². The number of rotatable bonds is 12. The summed E-state index contributed by atoms with van der Waals surface area (Å²) in [6, 6.07) is 28.1. The molecule has 0 spiro atoms. The molecule has 6 nitrogen and oxygen atoms in total. The lowest BCUT2D eigenvalue weighted by Crippen LogP contribution is -2.50. The molecule has 1 aliphatic heterocycles. The van der Waals surface area contributed by atoms with Gasteiger partial charge in [-0.1, -0.05) is 91.3 Å². The Labute approximate surface area is 245 Å². The Hall–Kier alpha value is -4.16. The van der Waals surface area contributed by atoms with Crippen LogP contribution >= 0.6 is 11.6 Å². The molecule has 1 unspecified atom stereocenters. The number of hydrogen-bond acceptors (Lipinski definition) is 3. The first-order chi connectivity index (χ1) is 20.0. The van der Waals surface area contributed by atoms with Crippen molar-refractivity contribution >= 4 is 45.8 Å². The molecule has 1 aliphatic rings. The second kappa shape index (κ2) is 13.0. The van der Waals surface area contributed by atoms with Crippen LogP contribution in [-0.2, 0) is 22.6 Å². The molecule has 1 atom stereocenters. The molecule has 5 rings (SSSR count). The van der Waals surface area contributed by atoms with Gasteiger partial charge in [0.25, 0.3) is 5.91 Å². The minimum Gasteiger partial charge on any atom is -0.354 e. The maximum atomic E-state index is 13.9. The van der Waals surface area contributed by atoms with Gasteiger partial charge in [-0.05, 0) is 47.6 Å². The molecule has 0 saturated carbocycles. The van der Waals surface area contributed by atoms with Crippen LogP contribution < -0.4 is 10.2 Å². The molecule has 4 aromatic carbocycles. The molecule has 0 bridgehead atoms. The summed E-state index contributed by atoms with van der Waals surface area (Å²) in [6.45, 7) is 3.14. The van der Waals surface area contributed by atoms with E-state index in [1.54, 1.807) is 15.9 Å². The summed E-state index contributed by atoms with van der Waals surface area (Å²) >= 11 is 6.51. The highest BCUT2D eigenvalue weighted by Gasteiger charge is 2.32. The van der Waals surface area contributed by atoms with Gasteiger partial charge in [0.05, 0.1) is 5.69 Å². The number of nitrogens with zero attached hydrogens (tertiary/aromatic N) is 2. The van der Waals surface area contributed by atoms with Crippen molar-refractivity contribution in [2.75, 3.05) is 18.0 Å². The fourth-order valence-corrected chi connectivity index (χ4v) is 5.66. The van der Waals surface area contributed by atoms with Gasteiger partial charge in [0.2, 0.25) is 11.8 Å². The normalized spacial score (nSPS) is 12.9. The van der Waals surface area contributed by atoms with Crippen molar-refractivity contribution in [2.45, 2.75) is 45.2 Å². The second-order valence-electron chi connectivity index (χ2n) is 10.4. The summed E-state index contributed by atoms with van der Waals surface area (Å²) in [5, 5.41) is 5.53. The summed E-state index contributed by atoms with van der Waals surface area (Å²) in [4.78, 5) is 44.1. The fourth-order valence-electron chi connectivity index (χ4n) is 5.46. The van der Waals surface area contributed by atoms with Crippen LogP contribution in [0.5, 0.6) is 0 Å². The van der Waals surface area contributed by atoms with E-state index in [1.165, 1.54) is 0 Å². The second-order valence-corrected chi connectivity index (χ2v) is 10.8. The third-order valence-corrected chi connectivity index (χ3v) is 7.91. The van der Waals surface area contributed by atoms with Gasteiger partial charge in [0.1, 0.15) is 6.04 Å². The number of carbonyl (C=O) groups excluding carboxylic acids is 3. The lowest BCUT2D eigenvalue weighted by Gasteiger charge is -2.32. The smallest absolute Gasteiger partial charge is 0.258 e. The molecular weight excluding hydrogens is 534 g/mol. The van der Waals surface area contributed by atoms with Crippen LogP contribution in [-0.4, -0.2) is 41.8 Å². The Morgan fingerprint density at radius 2 is 1.66 bits per heavy atom. The molecule has 3 amide bonds. The van der Waals surface area contributed by atoms with Crippen molar-refractivity contribution in [1.82, 2.24) is 10.2 Å². The van der Waals surface area contributed by atoms with Gasteiger partial charge in [0.15, 0.2) is 0 Å². The first-order valence-corrected chi connectivity index (χ1v) is 14.5. The summed E-state index contributed by atoms with van der Waals surface area (Å²) < 4.78 is 0. The van der Waals surface area contributed by atoms with E-state index in [2.05, 4.69) is 5.32 Å². The molecule has 0 aliphatic carbocycles. The Bertz CT molecular complexity index is 1550. The third kappa shape index (κ3) is 6.28. The molecule has 210 valence electrons. The number of carbonyl (C=O) groups is 3. The summed E-state index contributed by atoms with van der Waals surface area (Å²) in [6.07, 6.45) is 1.82. The highest BCUT2D eigenvalue weighted by molar-refractivity contribution is 6.31. The van der Waals surface area contributed by atoms with Gasteiger partial charge in [0, 0.05) is 48.4 Å². The van der Waals surface area contributed by atoms with Crippen LogP contribution in [0.15, 0.2) is 91.0 Å². The Balaban J connectivity index is 1.37. The summed E-state index contributed by atoms with van der Waals surface area (Å²) in [7, 11) is 0. The van der Waals surface area contributed by atoms with E-state index in [-0.39, 0.29) is 30.7 Å². The predicted octanol–water partition coefficient (Wildman–Crippen LogP) is 6.40. The highest BCUT2D eigenvalue weighted by Crippen LogP contribution is 2.37. The van der Waals surface area contributed by atoms with E-state index in [9.17, 15) is 14.4 Å². The zero-order chi connectivity index (χ0) is 28.8. The Kier molecular flexibility index (Phi) is 9.00. The topological polar surface area (TPSA) is 69.7 Å². The molecule has 4 aromatic rings. The quantitative estimate of drug-likeness (QED) is 0.215. The molecule has 0 radical (unpaired) electrons. The number of nitrogens with one attached hydrogen (secondary N) is 1. The van der Waals surface area contributed by atoms with Crippen molar-refractivity contribution < 1.29 is 14.4 Å². The zero-order valence-corrected chi connectivity index (χ0v) is 23.9. The molecule has 1 N–H and O–H groups in total. The summed E-state index contributed by atoms with van der Waals surface area (Å²) in [5.74, 6) is -0.383. The van der Waals surface area contributed by atoms with E-state index in [4.69, 9.17) is 11.6 Å². The number of benzene rings is 4.